The number of carbonyl (C=O) groups is 1. The van der Waals surface area contributed by atoms with E-state index in [4.69, 9.17) is 27.7 Å². The molecule has 1 N–H and O–H groups in total. The molecular formula is C23H24Cl2N2O2. The van der Waals surface area contributed by atoms with Gasteiger partial charge in [0.2, 0.25) is 0 Å². The molecule has 1 amide bonds. The molecule has 0 atom stereocenters. The molecule has 1 heterocycles. The molecule has 1 aromatic heterocycles. The van der Waals surface area contributed by atoms with E-state index in [1.807, 2.05) is 18.2 Å². The van der Waals surface area contributed by atoms with Crippen LogP contribution < -0.4 is 5.32 Å². The van der Waals surface area contributed by atoms with Crippen molar-refractivity contribution < 1.29 is 9.32 Å². The monoisotopic (exact) mass is 430 g/mol. The molecule has 0 radical (unpaired) electrons. The second kappa shape index (κ2) is 9.02. The molecule has 0 saturated carbocycles. The lowest BCUT2D eigenvalue weighted by molar-refractivity contribution is -0.114. The Kier molecular flexibility index (Phi) is 6.66. The Morgan fingerprint density at radius 3 is 2.17 bits per heavy atom. The Morgan fingerprint density at radius 2 is 1.59 bits per heavy atom. The van der Waals surface area contributed by atoms with Crippen molar-refractivity contribution in [2.24, 2.45) is 0 Å². The summed E-state index contributed by atoms with van der Waals surface area (Å²) in [5.41, 5.74) is 5.81. The van der Waals surface area contributed by atoms with Crippen LogP contribution in [0.15, 0.2) is 53.1 Å². The van der Waals surface area contributed by atoms with E-state index in [9.17, 15) is 4.79 Å². The van der Waals surface area contributed by atoms with Crippen LogP contribution >= 0.6 is 23.2 Å². The summed E-state index contributed by atoms with van der Waals surface area (Å²) in [6.45, 7) is 8.71. The number of amides is 1. The number of nitrogens with zero attached hydrogens (tertiary/aromatic N) is 1. The van der Waals surface area contributed by atoms with Crippen molar-refractivity contribution >= 4 is 34.8 Å². The Labute approximate surface area is 181 Å². The van der Waals surface area contributed by atoms with Crippen LogP contribution in [0.4, 0.5) is 5.69 Å². The number of aromatic nitrogens is 1. The summed E-state index contributed by atoms with van der Waals surface area (Å²) in [6.07, 6.45) is 0. The SMILES string of the molecule is CC(C)c1cccc(C(C)C)c1-c1cc(-c2cccc(NC(=O)C(Cl)Cl)c2)on1. The second-order valence-electron chi connectivity index (χ2n) is 7.57. The zero-order valence-corrected chi connectivity index (χ0v) is 18.4. The predicted octanol–water partition coefficient (Wildman–Crippen LogP) is 7.00. The van der Waals surface area contributed by atoms with Gasteiger partial charge in [-0.3, -0.25) is 4.79 Å². The van der Waals surface area contributed by atoms with Crippen LogP contribution in [0.25, 0.3) is 22.6 Å². The number of alkyl halides is 2. The minimum absolute atomic E-state index is 0.362. The topological polar surface area (TPSA) is 55.1 Å². The third kappa shape index (κ3) is 4.82. The van der Waals surface area contributed by atoms with Gasteiger partial charge in [-0.2, -0.15) is 0 Å². The predicted molar refractivity (Wildman–Crippen MR) is 120 cm³/mol. The van der Waals surface area contributed by atoms with Crippen LogP contribution in [0.2, 0.25) is 0 Å². The molecule has 2 aromatic carbocycles. The van der Waals surface area contributed by atoms with Crippen LogP contribution in [0.1, 0.15) is 50.7 Å². The molecule has 0 saturated heterocycles. The number of hydrogen-bond acceptors (Lipinski definition) is 3. The third-order valence-electron chi connectivity index (χ3n) is 4.75. The third-order valence-corrected chi connectivity index (χ3v) is 5.15. The molecule has 0 spiro atoms. The molecule has 0 unspecified atom stereocenters. The van der Waals surface area contributed by atoms with E-state index in [1.54, 1.807) is 12.1 Å². The molecule has 0 aliphatic heterocycles. The van der Waals surface area contributed by atoms with Gasteiger partial charge in [-0.15, -0.1) is 0 Å². The summed E-state index contributed by atoms with van der Waals surface area (Å²) >= 11 is 11.2. The second-order valence-corrected chi connectivity index (χ2v) is 8.66. The van der Waals surface area contributed by atoms with E-state index >= 15 is 0 Å². The van der Waals surface area contributed by atoms with Crippen LogP contribution in [-0.4, -0.2) is 15.9 Å². The summed E-state index contributed by atoms with van der Waals surface area (Å²) < 4.78 is 5.67. The number of hydrogen-bond donors (Lipinski definition) is 1. The number of benzene rings is 2. The van der Waals surface area contributed by atoms with Gasteiger partial charge < -0.3 is 9.84 Å². The smallest absolute Gasteiger partial charge is 0.257 e. The first-order chi connectivity index (χ1) is 13.8. The number of anilines is 1. The zero-order chi connectivity index (χ0) is 21.1. The van der Waals surface area contributed by atoms with E-state index in [2.05, 4.69) is 56.4 Å². The minimum atomic E-state index is -1.13. The van der Waals surface area contributed by atoms with Crippen molar-refractivity contribution in [3.63, 3.8) is 0 Å². The Balaban J connectivity index is 2.00. The zero-order valence-electron chi connectivity index (χ0n) is 16.9. The van der Waals surface area contributed by atoms with Gasteiger partial charge in [-0.05, 0) is 35.1 Å². The lowest BCUT2D eigenvalue weighted by Crippen LogP contribution is -2.18. The largest absolute Gasteiger partial charge is 0.356 e. The van der Waals surface area contributed by atoms with Crippen LogP contribution in [0.3, 0.4) is 0 Å². The van der Waals surface area contributed by atoms with Gasteiger partial charge in [0, 0.05) is 22.9 Å². The van der Waals surface area contributed by atoms with Gasteiger partial charge in [0.05, 0.1) is 0 Å². The fraction of sp³-hybridized carbons (Fsp3) is 0.304. The number of halogens is 2. The first kappa shape index (κ1) is 21.4. The molecule has 3 rings (SSSR count). The van der Waals surface area contributed by atoms with Gasteiger partial charge in [-0.25, -0.2) is 0 Å². The molecule has 0 fully saturated rings. The highest BCUT2D eigenvalue weighted by Crippen LogP contribution is 2.37. The summed E-state index contributed by atoms with van der Waals surface area (Å²) in [4.78, 5) is 10.6. The minimum Gasteiger partial charge on any atom is -0.356 e. The molecule has 0 bridgehead atoms. The van der Waals surface area contributed by atoms with E-state index < -0.39 is 10.7 Å². The first-order valence-electron chi connectivity index (χ1n) is 9.57. The molecule has 0 aliphatic rings. The van der Waals surface area contributed by atoms with Crippen molar-refractivity contribution in [2.75, 3.05) is 5.32 Å². The Morgan fingerprint density at radius 1 is 0.966 bits per heavy atom. The van der Waals surface area contributed by atoms with Gasteiger partial charge in [0.15, 0.2) is 10.6 Å². The normalized spacial score (nSPS) is 11.5. The lowest BCUT2D eigenvalue weighted by Gasteiger charge is -2.17. The lowest BCUT2D eigenvalue weighted by atomic mass is 9.87. The van der Waals surface area contributed by atoms with E-state index in [-0.39, 0.29) is 0 Å². The van der Waals surface area contributed by atoms with Crippen LogP contribution in [0, 0.1) is 0 Å². The summed E-state index contributed by atoms with van der Waals surface area (Å²) in [5.74, 6) is 0.872. The van der Waals surface area contributed by atoms with Crippen molar-refractivity contribution in [2.45, 2.75) is 44.4 Å². The fourth-order valence-corrected chi connectivity index (χ4v) is 3.43. The van der Waals surface area contributed by atoms with E-state index in [0.29, 0.717) is 23.3 Å². The summed E-state index contributed by atoms with van der Waals surface area (Å²) in [6, 6.07) is 15.6. The van der Waals surface area contributed by atoms with Crippen molar-refractivity contribution in [1.82, 2.24) is 5.16 Å². The molecule has 152 valence electrons. The Hall–Kier alpha value is -2.30. The molecule has 29 heavy (non-hydrogen) atoms. The van der Waals surface area contributed by atoms with Gasteiger partial charge >= 0.3 is 0 Å². The maximum atomic E-state index is 11.7. The summed E-state index contributed by atoms with van der Waals surface area (Å²) in [7, 11) is 0. The van der Waals surface area contributed by atoms with Gasteiger partial charge in [0.1, 0.15) is 5.69 Å². The average molecular weight is 431 g/mol. The van der Waals surface area contributed by atoms with Crippen molar-refractivity contribution in [3.05, 3.63) is 59.7 Å². The maximum absolute atomic E-state index is 11.7. The first-order valence-corrected chi connectivity index (χ1v) is 10.4. The Bertz CT molecular complexity index is 983. The average Bonchev–Trinajstić information content (AvgIpc) is 3.17. The maximum Gasteiger partial charge on any atom is 0.257 e. The van der Waals surface area contributed by atoms with Gasteiger partial charge in [-0.1, -0.05) is 86.4 Å². The molecule has 3 aromatic rings. The number of carbonyl (C=O) groups excluding carboxylic acids is 1. The standard InChI is InChI=1S/C23H24Cl2N2O2/c1-13(2)17-9-6-10-18(14(3)4)21(17)19-12-20(29-27-19)15-7-5-8-16(11-15)26-23(28)22(24)25/h5-14,22H,1-4H3,(H,26,28). The number of nitrogens with one attached hydrogen (secondary N) is 1. The van der Waals surface area contributed by atoms with Crippen LogP contribution in [-0.2, 0) is 4.79 Å². The quantitative estimate of drug-likeness (QED) is 0.428. The molecular weight excluding hydrogens is 407 g/mol. The van der Waals surface area contributed by atoms with E-state index in [1.165, 1.54) is 11.1 Å². The highest BCUT2D eigenvalue weighted by atomic mass is 35.5. The van der Waals surface area contributed by atoms with Crippen LogP contribution in [0.5, 0.6) is 0 Å². The van der Waals surface area contributed by atoms with Crippen molar-refractivity contribution in [1.29, 1.82) is 0 Å². The highest BCUT2D eigenvalue weighted by Gasteiger charge is 2.19. The van der Waals surface area contributed by atoms with E-state index in [0.717, 1.165) is 16.8 Å². The van der Waals surface area contributed by atoms with Gasteiger partial charge in [0.25, 0.3) is 5.91 Å². The molecule has 6 heteroatoms. The highest BCUT2D eigenvalue weighted by molar-refractivity contribution is 6.54. The molecule has 4 nitrogen and oxygen atoms in total. The fourth-order valence-electron chi connectivity index (χ4n) is 3.32. The molecule has 0 aliphatic carbocycles. The summed E-state index contributed by atoms with van der Waals surface area (Å²) in [5, 5.41) is 7.04. The number of rotatable bonds is 6. The van der Waals surface area contributed by atoms with Crippen molar-refractivity contribution in [3.8, 4) is 22.6 Å².